The fraction of sp³-hybridized carbons (Fsp3) is 0.192. The van der Waals surface area contributed by atoms with Crippen molar-refractivity contribution >= 4 is 29.1 Å². The number of phenols is 1. The molecule has 3 heterocycles. The summed E-state index contributed by atoms with van der Waals surface area (Å²) in [5.74, 6) is -0.0235. The lowest BCUT2D eigenvalue weighted by Crippen LogP contribution is -2.55. The van der Waals surface area contributed by atoms with E-state index in [9.17, 15) is 15.0 Å². The van der Waals surface area contributed by atoms with Gasteiger partial charge in [-0.1, -0.05) is 36.4 Å². The van der Waals surface area contributed by atoms with E-state index in [1.165, 1.54) is 0 Å². The molecule has 1 fully saturated rings. The molecule has 0 bridgehead atoms. The molecule has 1 saturated heterocycles. The number of pyridine rings is 1. The summed E-state index contributed by atoms with van der Waals surface area (Å²) in [6.07, 6.45) is 3.85. The molecule has 2 aromatic heterocycles. The molecular formula is C26H25N5O3. The molecule has 0 saturated carbocycles. The zero-order valence-electron chi connectivity index (χ0n) is 18.5. The van der Waals surface area contributed by atoms with Crippen molar-refractivity contribution in [3.8, 4) is 17.0 Å². The molecule has 1 aliphatic heterocycles. The van der Waals surface area contributed by atoms with Gasteiger partial charge in [-0.15, -0.1) is 0 Å². The largest absolute Gasteiger partial charge is 0.508 e. The van der Waals surface area contributed by atoms with Crippen LogP contribution >= 0.6 is 0 Å². The number of H-pyrrole nitrogens is 1. The van der Waals surface area contributed by atoms with E-state index in [-0.39, 0.29) is 24.3 Å². The topological polar surface area (TPSA) is 114 Å². The van der Waals surface area contributed by atoms with Gasteiger partial charge in [0.25, 0.3) is 5.91 Å². The smallest absolute Gasteiger partial charge is 0.255 e. The van der Waals surface area contributed by atoms with Crippen molar-refractivity contribution in [1.29, 1.82) is 0 Å². The Kier molecular flexibility index (Phi) is 6.07. The van der Waals surface area contributed by atoms with Crippen LogP contribution in [0.3, 0.4) is 0 Å². The number of aliphatic hydroxyl groups excluding tert-OH is 1. The monoisotopic (exact) mass is 455 g/mol. The second-order valence-corrected chi connectivity index (χ2v) is 8.22. The summed E-state index contributed by atoms with van der Waals surface area (Å²) in [7, 11) is 0. The quantitative estimate of drug-likeness (QED) is 0.368. The number of carbonyl (C=O) groups excluding carboxylic acids is 1. The number of piperazine rings is 1. The molecule has 4 N–H and O–H groups in total. The van der Waals surface area contributed by atoms with Crippen LogP contribution < -0.4 is 5.32 Å². The number of nitrogens with one attached hydrogen (secondary N) is 2. The Morgan fingerprint density at radius 2 is 1.91 bits per heavy atom. The van der Waals surface area contributed by atoms with Gasteiger partial charge in [0.1, 0.15) is 5.75 Å². The second kappa shape index (κ2) is 9.46. The summed E-state index contributed by atoms with van der Waals surface area (Å²) < 4.78 is 0. The Morgan fingerprint density at radius 1 is 1.12 bits per heavy atom. The summed E-state index contributed by atoms with van der Waals surface area (Å²) in [6, 6.07) is 18.0. The predicted molar refractivity (Wildman–Crippen MR) is 131 cm³/mol. The average Bonchev–Trinajstić information content (AvgIpc) is 3.30. The van der Waals surface area contributed by atoms with Crippen molar-refractivity contribution in [3.63, 3.8) is 0 Å². The molecule has 4 aromatic rings. The van der Waals surface area contributed by atoms with E-state index in [1.54, 1.807) is 35.2 Å². The van der Waals surface area contributed by atoms with Gasteiger partial charge in [0, 0.05) is 25.2 Å². The molecule has 1 atom stereocenters. The minimum Gasteiger partial charge on any atom is -0.508 e. The number of aromatic hydroxyl groups is 1. The number of rotatable bonds is 5. The van der Waals surface area contributed by atoms with E-state index in [4.69, 9.17) is 0 Å². The number of aromatic amines is 1. The van der Waals surface area contributed by atoms with Gasteiger partial charge in [-0.05, 0) is 42.0 Å². The highest BCUT2D eigenvalue weighted by atomic mass is 16.3. The van der Waals surface area contributed by atoms with Crippen LogP contribution in [-0.4, -0.2) is 68.5 Å². The predicted octanol–water partition coefficient (Wildman–Crippen LogP) is 2.91. The number of aromatic nitrogens is 3. The number of hydrogen-bond donors (Lipinski definition) is 4. The third kappa shape index (κ3) is 4.28. The van der Waals surface area contributed by atoms with Crippen molar-refractivity contribution in [2.24, 2.45) is 0 Å². The summed E-state index contributed by atoms with van der Waals surface area (Å²) >= 11 is 0. The maximum atomic E-state index is 13.8. The number of amides is 1. The Labute approximate surface area is 196 Å². The molecule has 0 radical (unpaired) electrons. The number of benzene rings is 2. The number of phenolic OH excluding ortho intramolecular Hbond substituents is 1. The average molecular weight is 456 g/mol. The van der Waals surface area contributed by atoms with Crippen molar-refractivity contribution < 1.29 is 15.0 Å². The fourth-order valence-electron chi connectivity index (χ4n) is 4.21. The highest BCUT2D eigenvalue weighted by molar-refractivity contribution is 6.09. The molecule has 1 aliphatic rings. The molecule has 5 rings (SSSR count). The Hall–Kier alpha value is -4.01. The summed E-state index contributed by atoms with van der Waals surface area (Å²) in [5, 5.41) is 30.8. The number of nitrogens with zero attached hydrogens (tertiary/aromatic N) is 3. The molecule has 1 amide bonds. The van der Waals surface area contributed by atoms with Crippen LogP contribution in [0.5, 0.6) is 5.75 Å². The molecule has 8 nitrogen and oxygen atoms in total. The van der Waals surface area contributed by atoms with Crippen molar-refractivity contribution in [2.75, 3.05) is 26.2 Å². The Morgan fingerprint density at radius 3 is 2.68 bits per heavy atom. The summed E-state index contributed by atoms with van der Waals surface area (Å²) in [4.78, 5) is 20.2. The maximum absolute atomic E-state index is 13.8. The standard InChI is InChI=1S/C26H25N5O3/c32-16-19-15-27-12-13-31(19)26(34)21-14-23(18-7-9-20(33)10-8-18)28-25-24(21)22(29-30-25)11-6-17-4-2-1-3-5-17/h1-11,14,19,27,32-33H,12-13,15-16H2,(H,28,29,30)/b11-6+. The normalized spacial score (nSPS) is 16.4. The van der Waals surface area contributed by atoms with E-state index in [2.05, 4.69) is 20.5 Å². The van der Waals surface area contributed by atoms with Gasteiger partial charge in [0.2, 0.25) is 0 Å². The maximum Gasteiger partial charge on any atom is 0.255 e. The van der Waals surface area contributed by atoms with Gasteiger partial charge >= 0.3 is 0 Å². The number of aliphatic hydroxyl groups is 1. The van der Waals surface area contributed by atoms with Crippen molar-refractivity contribution in [1.82, 2.24) is 25.4 Å². The van der Waals surface area contributed by atoms with Gasteiger partial charge in [0.15, 0.2) is 5.65 Å². The first-order valence-corrected chi connectivity index (χ1v) is 11.2. The van der Waals surface area contributed by atoms with E-state index < -0.39 is 0 Å². The van der Waals surface area contributed by atoms with Crippen LogP contribution in [0.15, 0.2) is 60.7 Å². The van der Waals surface area contributed by atoms with E-state index in [1.807, 2.05) is 42.5 Å². The van der Waals surface area contributed by atoms with Crippen LogP contribution in [0.2, 0.25) is 0 Å². The number of hydrogen-bond acceptors (Lipinski definition) is 6. The van der Waals surface area contributed by atoms with Crippen LogP contribution in [0.4, 0.5) is 0 Å². The molecular weight excluding hydrogens is 430 g/mol. The lowest BCUT2D eigenvalue weighted by Gasteiger charge is -2.35. The highest BCUT2D eigenvalue weighted by Crippen LogP contribution is 2.29. The lowest BCUT2D eigenvalue weighted by atomic mass is 10.0. The Balaban J connectivity index is 1.64. The SMILES string of the molecule is O=C(c1cc(-c2ccc(O)cc2)nc2n[nH]c(/C=C/c3ccccc3)c12)N1CCNCC1CO. The fourth-order valence-corrected chi connectivity index (χ4v) is 4.21. The first kappa shape index (κ1) is 21.8. The molecule has 34 heavy (non-hydrogen) atoms. The third-order valence-corrected chi connectivity index (χ3v) is 6.01. The van der Waals surface area contributed by atoms with Crippen LogP contribution in [0.1, 0.15) is 21.6 Å². The van der Waals surface area contributed by atoms with Crippen LogP contribution in [-0.2, 0) is 0 Å². The molecule has 0 spiro atoms. The lowest BCUT2D eigenvalue weighted by molar-refractivity contribution is 0.0538. The molecule has 1 unspecified atom stereocenters. The molecule has 8 heteroatoms. The Bertz CT molecular complexity index is 1330. The van der Waals surface area contributed by atoms with Gasteiger partial charge in [0.05, 0.1) is 35.0 Å². The van der Waals surface area contributed by atoms with Crippen LogP contribution in [0, 0.1) is 0 Å². The minimum absolute atomic E-state index is 0.121. The minimum atomic E-state index is -0.309. The van der Waals surface area contributed by atoms with E-state index >= 15 is 0 Å². The van der Waals surface area contributed by atoms with Crippen molar-refractivity contribution in [2.45, 2.75) is 6.04 Å². The third-order valence-electron chi connectivity index (χ3n) is 6.01. The van der Waals surface area contributed by atoms with E-state index in [0.717, 1.165) is 11.1 Å². The molecule has 2 aromatic carbocycles. The number of fused-ring (bicyclic) bond motifs is 1. The summed E-state index contributed by atoms with van der Waals surface area (Å²) in [6.45, 7) is 1.57. The second-order valence-electron chi connectivity index (χ2n) is 8.22. The van der Waals surface area contributed by atoms with Gasteiger partial charge in [-0.3, -0.25) is 9.89 Å². The van der Waals surface area contributed by atoms with Gasteiger partial charge < -0.3 is 20.4 Å². The zero-order chi connectivity index (χ0) is 23.5. The van der Waals surface area contributed by atoms with Gasteiger partial charge in [-0.2, -0.15) is 5.10 Å². The highest BCUT2D eigenvalue weighted by Gasteiger charge is 2.29. The first-order chi connectivity index (χ1) is 16.6. The van der Waals surface area contributed by atoms with Crippen molar-refractivity contribution in [3.05, 3.63) is 77.5 Å². The number of carbonyl (C=O) groups is 1. The first-order valence-electron chi connectivity index (χ1n) is 11.2. The molecule has 0 aliphatic carbocycles. The van der Waals surface area contributed by atoms with Gasteiger partial charge in [-0.25, -0.2) is 4.98 Å². The van der Waals surface area contributed by atoms with E-state index in [0.29, 0.717) is 47.6 Å². The summed E-state index contributed by atoms with van der Waals surface area (Å²) in [5.41, 5.74) is 3.94. The zero-order valence-corrected chi connectivity index (χ0v) is 18.5. The van der Waals surface area contributed by atoms with Crippen LogP contribution in [0.25, 0.3) is 34.4 Å². The molecule has 172 valence electrons.